The molecule has 0 radical (unpaired) electrons. The van der Waals surface area contributed by atoms with E-state index in [1.165, 1.54) is 0 Å². The molecule has 2 rings (SSSR count). The van der Waals surface area contributed by atoms with Gasteiger partial charge in [0.05, 0.1) is 15.7 Å². The van der Waals surface area contributed by atoms with E-state index in [1.54, 1.807) is 6.07 Å². The molecular formula is C15H13Cl3N2S. The average Bonchev–Trinajstić information content (AvgIpc) is 2.44. The van der Waals surface area contributed by atoms with Gasteiger partial charge in [-0.25, -0.2) is 0 Å². The quantitative estimate of drug-likeness (QED) is 0.736. The number of hydrogen-bond donors (Lipinski definition) is 2. The van der Waals surface area contributed by atoms with Crippen LogP contribution < -0.4 is 10.6 Å². The van der Waals surface area contributed by atoms with E-state index >= 15 is 0 Å². The van der Waals surface area contributed by atoms with Crippen molar-refractivity contribution in [2.24, 2.45) is 0 Å². The molecule has 110 valence electrons. The molecule has 0 aliphatic heterocycles. The first kappa shape index (κ1) is 16.4. The monoisotopic (exact) mass is 358 g/mol. The van der Waals surface area contributed by atoms with Crippen molar-refractivity contribution in [2.75, 3.05) is 11.9 Å². The summed E-state index contributed by atoms with van der Waals surface area (Å²) >= 11 is 23.2. The van der Waals surface area contributed by atoms with Crippen molar-refractivity contribution in [3.8, 4) is 0 Å². The van der Waals surface area contributed by atoms with Crippen LogP contribution in [0.2, 0.25) is 15.1 Å². The zero-order chi connectivity index (χ0) is 15.2. The molecule has 0 aromatic heterocycles. The Kier molecular flexibility index (Phi) is 6.12. The van der Waals surface area contributed by atoms with E-state index in [0.717, 1.165) is 17.0 Å². The molecule has 0 heterocycles. The fourth-order valence-electron chi connectivity index (χ4n) is 1.78. The number of anilines is 1. The molecule has 2 N–H and O–H groups in total. The number of hydrogen-bond acceptors (Lipinski definition) is 1. The normalized spacial score (nSPS) is 10.2. The molecule has 0 fully saturated rings. The Morgan fingerprint density at radius 3 is 2.57 bits per heavy atom. The van der Waals surface area contributed by atoms with Crippen LogP contribution >= 0.6 is 47.0 Å². The molecule has 0 bridgehead atoms. The second kappa shape index (κ2) is 7.85. The molecule has 0 aliphatic carbocycles. The summed E-state index contributed by atoms with van der Waals surface area (Å²) in [7, 11) is 0. The molecule has 2 aromatic rings. The minimum atomic E-state index is 0.457. The Bertz CT molecular complexity index is 647. The summed E-state index contributed by atoms with van der Waals surface area (Å²) in [6.45, 7) is 0.699. The zero-order valence-corrected chi connectivity index (χ0v) is 14.1. The third-order valence-corrected chi connectivity index (χ3v) is 4.09. The highest BCUT2D eigenvalue weighted by atomic mass is 35.5. The standard InChI is InChI=1S/C15H13Cl3N2S/c16-11-4-1-3-10(9-11)7-8-19-15(21)20-13-6-2-5-12(17)14(13)18/h1-6,9H,7-8H2,(H2,19,20,21). The molecule has 2 nitrogen and oxygen atoms in total. The van der Waals surface area contributed by atoms with E-state index in [4.69, 9.17) is 47.0 Å². The summed E-state index contributed by atoms with van der Waals surface area (Å²) in [5.74, 6) is 0. The van der Waals surface area contributed by atoms with Crippen molar-refractivity contribution in [1.29, 1.82) is 0 Å². The van der Waals surface area contributed by atoms with Gasteiger partial charge in [-0.2, -0.15) is 0 Å². The first-order chi connectivity index (χ1) is 10.1. The molecule has 0 unspecified atom stereocenters. The van der Waals surface area contributed by atoms with Crippen LogP contribution in [0.4, 0.5) is 5.69 Å². The Hall–Kier alpha value is -1.000. The van der Waals surface area contributed by atoms with Gasteiger partial charge in [-0.1, -0.05) is 53.0 Å². The Morgan fingerprint density at radius 1 is 1.05 bits per heavy atom. The van der Waals surface area contributed by atoms with Gasteiger partial charge in [0, 0.05) is 11.6 Å². The van der Waals surface area contributed by atoms with Crippen molar-refractivity contribution in [3.05, 3.63) is 63.1 Å². The molecule has 2 aromatic carbocycles. The highest BCUT2D eigenvalue weighted by Crippen LogP contribution is 2.29. The van der Waals surface area contributed by atoms with Gasteiger partial charge < -0.3 is 10.6 Å². The fourth-order valence-corrected chi connectivity index (χ4v) is 2.55. The van der Waals surface area contributed by atoms with E-state index in [1.807, 2.05) is 36.4 Å². The number of halogens is 3. The SMILES string of the molecule is S=C(NCCc1cccc(Cl)c1)Nc1cccc(Cl)c1Cl. The number of thiocarbonyl (C=S) groups is 1. The maximum atomic E-state index is 6.09. The summed E-state index contributed by atoms with van der Waals surface area (Å²) in [4.78, 5) is 0. The summed E-state index contributed by atoms with van der Waals surface area (Å²) in [5, 5.41) is 8.33. The van der Waals surface area contributed by atoms with Crippen LogP contribution in [0.25, 0.3) is 0 Å². The largest absolute Gasteiger partial charge is 0.362 e. The van der Waals surface area contributed by atoms with Gasteiger partial charge in [-0.05, 0) is 48.5 Å². The van der Waals surface area contributed by atoms with Gasteiger partial charge in [-0.15, -0.1) is 0 Å². The molecule has 0 spiro atoms. The summed E-state index contributed by atoms with van der Waals surface area (Å²) in [6.07, 6.45) is 0.825. The molecule has 0 aliphatic rings. The van der Waals surface area contributed by atoms with Crippen LogP contribution in [-0.4, -0.2) is 11.7 Å². The van der Waals surface area contributed by atoms with Crippen LogP contribution in [0, 0.1) is 0 Å². The van der Waals surface area contributed by atoms with E-state index in [-0.39, 0.29) is 0 Å². The lowest BCUT2D eigenvalue weighted by atomic mass is 10.1. The number of nitrogens with one attached hydrogen (secondary N) is 2. The van der Waals surface area contributed by atoms with Crippen molar-refractivity contribution in [1.82, 2.24) is 5.32 Å². The van der Waals surface area contributed by atoms with Crippen molar-refractivity contribution >= 4 is 57.8 Å². The smallest absolute Gasteiger partial charge is 0.170 e. The van der Waals surface area contributed by atoms with Crippen LogP contribution in [-0.2, 0) is 6.42 Å². The summed E-state index contributed by atoms with van der Waals surface area (Å²) in [5.41, 5.74) is 1.84. The van der Waals surface area contributed by atoms with Crippen LogP contribution in [0.1, 0.15) is 5.56 Å². The maximum absolute atomic E-state index is 6.09. The van der Waals surface area contributed by atoms with Crippen LogP contribution in [0.5, 0.6) is 0 Å². The lowest BCUT2D eigenvalue weighted by molar-refractivity contribution is 0.873. The lowest BCUT2D eigenvalue weighted by Gasteiger charge is -2.12. The molecule has 0 amide bonds. The van der Waals surface area contributed by atoms with Crippen LogP contribution in [0.3, 0.4) is 0 Å². The third kappa shape index (κ3) is 5.04. The Labute approximate surface area is 144 Å². The molecule has 6 heteroatoms. The fraction of sp³-hybridized carbons (Fsp3) is 0.133. The van der Waals surface area contributed by atoms with Gasteiger partial charge >= 0.3 is 0 Å². The second-order valence-corrected chi connectivity index (χ2v) is 5.99. The van der Waals surface area contributed by atoms with E-state index in [9.17, 15) is 0 Å². The average molecular weight is 360 g/mol. The van der Waals surface area contributed by atoms with Gasteiger partial charge in [0.25, 0.3) is 0 Å². The summed E-state index contributed by atoms with van der Waals surface area (Å²) < 4.78 is 0. The highest BCUT2D eigenvalue weighted by molar-refractivity contribution is 7.80. The van der Waals surface area contributed by atoms with Gasteiger partial charge in [-0.3, -0.25) is 0 Å². The van der Waals surface area contributed by atoms with E-state index < -0.39 is 0 Å². The van der Waals surface area contributed by atoms with E-state index in [0.29, 0.717) is 27.4 Å². The lowest BCUT2D eigenvalue weighted by Crippen LogP contribution is -2.30. The topological polar surface area (TPSA) is 24.1 Å². The molecule has 0 atom stereocenters. The van der Waals surface area contributed by atoms with Crippen molar-refractivity contribution in [2.45, 2.75) is 6.42 Å². The molecular weight excluding hydrogens is 347 g/mol. The predicted octanol–water partition coefficient (Wildman–Crippen LogP) is 5.18. The van der Waals surface area contributed by atoms with E-state index in [2.05, 4.69) is 10.6 Å². The Morgan fingerprint density at radius 2 is 1.81 bits per heavy atom. The molecule has 0 saturated heterocycles. The van der Waals surface area contributed by atoms with Gasteiger partial charge in [0.15, 0.2) is 5.11 Å². The Balaban J connectivity index is 1.84. The predicted molar refractivity (Wildman–Crippen MR) is 95.8 cm³/mol. The van der Waals surface area contributed by atoms with Crippen molar-refractivity contribution < 1.29 is 0 Å². The van der Waals surface area contributed by atoms with Gasteiger partial charge in [0.2, 0.25) is 0 Å². The second-order valence-electron chi connectivity index (χ2n) is 4.36. The first-order valence-corrected chi connectivity index (χ1v) is 7.84. The van der Waals surface area contributed by atoms with Crippen molar-refractivity contribution in [3.63, 3.8) is 0 Å². The number of rotatable bonds is 4. The molecule has 0 saturated carbocycles. The van der Waals surface area contributed by atoms with Gasteiger partial charge in [0.1, 0.15) is 0 Å². The minimum absolute atomic E-state index is 0.457. The zero-order valence-electron chi connectivity index (χ0n) is 11.0. The summed E-state index contributed by atoms with van der Waals surface area (Å²) in [6, 6.07) is 13.1. The first-order valence-electron chi connectivity index (χ1n) is 6.29. The maximum Gasteiger partial charge on any atom is 0.170 e. The minimum Gasteiger partial charge on any atom is -0.362 e. The molecule has 21 heavy (non-hydrogen) atoms. The highest BCUT2D eigenvalue weighted by Gasteiger charge is 2.05. The van der Waals surface area contributed by atoms with Crippen LogP contribution in [0.15, 0.2) is 42.5 Å². The third-order valence-electron chi connectivity index (χ3n) is 2.79. The number of benzene rings is 2.